The first-order valence-corrected chi connectivity index (χ1v) is 7.03. The summed E-state index contributed by atoms with van der Waals surface area (Å²) in [6.07, 6.45) is 0. The molecular weight excluding hydrogens is 272 g/mol. The molecule has 0 aliphatic carbocycles. The molecule has 0 radical (unpaired) electrons. The average Bonchev–Trinajstić information content (AvgIpc) is 2.95. The number of pyridine rings is 1. The van der Waals surface area contributed by atoms with Gasteiger partial charge in [-0.2, -0.15) is 4.98 Å². The maximum atomic E-state index is 5.63. The van der Waals surface area contributed by atoms with E-state index in [4.69, 9.17) is 10.3 Å². The molecule has 6 heteroatoms. The monoisotopic (exact) mass is 284 g/mol. The summed E-state index contributed by atoms with van der Waals surface area (Å²) in [4.78, 5) is 9.64. The lowest BCUT2D eigenvalue weighted by Crippen LogP contribution is -1.91. The SMILES string of the molecule is Nc1cccc(-c2nc(CSc3ccccc3)no2)n1. The van der Waals surface area contributed by atoms with Gasteiger partial charge >= 0.3 is 0 Å². The van der Waals surface area contributed by atoms with Crippen LogP contribution < -0.4 is 5.73 Å². The van der Waals surface area contributed by atoms with Crippen molar-refractivity contribution in [2.24, 2.45) is 0 Å². The van der Waals surface area contributed by atoms with Crippen LogP contribution in [0.1, 0.15) is 5.82 Å². The Kier molecular flexibility index (Phi) is 3.64. The maximum Gasteiger partial charge on any atom is 0.276 e. The van der Waals surface area contributed by atoms with Crippen molar-refractivity contribution in [2.75, 3.05) is 5.73 Å². The van der Waals surface area contributed by atoms with Crippen LogP contribution in [0, 0.1) is 0 Å². The van der Waals surface area contributed by atoms with E-state index >= 15 is 0 Å². The average molecular weight is 284 g/mol. The Morgan fingerprint density at radius 3 is 2.65 bits per heavy atom. The van der Waals surface area contributed by atoms with Crippen molar-refractivity contribution >= 4 is 17.6 Å². The Morgan fingerprint density at radius 2 is 1.85 bits per heavy atom. The van der Waals surface area contributed by atoms with Crippen molar-refractivity contribution in [1.29, 1.82) is 0 Å². The molecule has 0 saturated carbocycles. The third-order valence-corrected chi connectivity index (χ3v) is 3.58. The first-order valence-electron chi connectivity index (χ1n) is 6.04. The number of thioether (sulfide) groups is 1. The van der Waals surface area contributed by atoms with E-state index in [1.54, 1.807) is 30.0 Å². The van der Waals surface area contributed by atoms with E-state index in [0.29, 0.717) is 29.0 Å². The van der Waals surface area contributed by atoms with Crippen molar-refractivity contribution in [3.8, 4) is 11.6 Å². The Bertz CT molecular complexity index is 699. The highest BCUT2D eigenvalue weighted by molar-refractivity contribution is 7.98. The molecule has 0 spiro atoms. The summed E-state index contributed by atoms with van der Waals surface area (Å²) < 4.78 is 5.20. The summed E-state index contributed by atoms with van der Waals surface area (Å²) in [6, 6.07) is 15.4. The molecule has 5 nitrogen and oxygen atoms in total. The third-order valence-electron chi connectivity index (χ3n) is 2.57. The molecule has 0 aliphatic rings. The van der Waals surface area contributed by atoms with E-state index in [9.17, 15) is 0 Å². The fourth-order valence-electron chi connectivity index (χ4n) is 1.65. The van der Waals surface area contributed by atoms with Gasteiger partial charge in [-0.1, -0.05) is 29.4 Å². The standard InChI is InChI=1S/C14H12N4OS/c15-12-8-4-7-11(16-12)14-17-13(18-19-14)9-20-10-5-2-1-3-6-10/h1-8H,9H2,(H2,15,16). The minimum atomic E-state index is 0.390. The number of hydrogen-bond donors (Lipinski definition) is 1. The number of nitrogens with zero attached hydrogens (tertiary/aromatic N) is 3. The van der Waals surface area contributed by atoms with E-state index in [1.165, 1.54) is 4.90 Å². The highest BCUT2D eigenvalue weighted by Gasteiger charge is 2.10. The molecule has 0 amide bonds. The zero-order chi connectivity index (χ0) is 13.8. The van der Waals surface area contributed by atoms with E-state index < -0.39 is 0 Å². The number of rotatable bonds is 4. The fraction of sp³-hybridized carbons (Fsp3) is 0.0714. The molecule has 0 aliphatic heterocycles. The molecule has 0 atom stereocenters. The molecule has 3 rings (SSSR count). The molecule has 0 saturated heterocycles. The maximum absolute atomic E-state index is 5.63. The van der Waals surface area contributed by atoms with Crippen LogP contribution in [0.25, 0.3) is 11.6 Å². The summed E-state index contributed by atoms with van der Waals surface area (Å²) in [5, 5.41) is 3.95. The van der Waals surface area contributed by atoms with Crippen LogP contribution in [-0.4, -0.2) is 15.1 Å². The highest BCUT2D eigenvalue weighted by Crippen LogP contribution is 2.22. The molecule has 3 aromatic rings. The molecular formula is C14H12N4OS. The van der Waals surface area contributed by atoms with E-state index in [-0.39, 0.29) is 0 Å². The first kappa shape index (κ1) is 12.7. The second kappa shape index (κ2) is 5.75. The van der Waals surface area contributed by atoms with Crippen LogP contribution in [0.2, 0.25) is 0 Å². The molecule has 0 unspecified atom stereocenters. The van der Waals surface area contributed by atoms with Gasteiger partial charge in [0.05, 0.1) is 5.75 Å². The number of anilines is 1. The molecule has 20 heavy (non-hydrogen) atoms. The van der Waals surface area contributed by atoms with Gasteiger partial charge in [-0.3, -0.25) is 0 Å². The van der Waals surface area contributed by atoms with Crippen LogP contribution in [0.15, 0.2) is 57.9 Å². The van der Waals surface area contributed by atoms with Crippen LogP contribution in [0.4, 0.5) is 5.82 Å². The summed E-state index contributed by atoms with van der Waals surface area (Å²) in [5.74, 6) is 2.11. The van der Waals surface area contributed by atoms with E-state index in [0.717, 1.165) is 0 Å². The number of aromatic nitrogens is 3. The molecule has 0 bridgehead atoms. The van der Waals surface area contributed by atoms with Gasteiger partial charge in [0.1, 0.15) is 11.5 Å². The predicted molar refractivity (Wildman–Crippen MR) is 77.9 cm³/mol. The quantitative estimate of drug-likeness (QED) is 0.742. The third kappa shape index (κ3) is 2.97. The summed E-state index contributed by atoms with van der Waals surface area (Å²) >= 11 is 1.66. The van der Waals surface area contributed by atoms with Gasteiger partial charge in [-0.25, -0.2) is 4.98 Å². The zero-order valence-electron chi connectivity index (χ0n) is 10.6. The highest BCUT2D eigenvalue weighted by atomic mass is 32.2. The number of benzene rings is 1. The van der Waals surface area contributed by atoms with Crippen LogP contribution in [-0.2, 0) is 5.75 Å². The predicted octanol–water partition coefficient (Wildman–Crippen LogP) is 3.01. The smallest absolute Gasteiger partial charge is 0.276 e. The van der Waals surface area contributed by atoms with Gasteiger partial charge in [-0.15, -0.1) is 11.8 Å². The fourth-order valence-corrected chi connectivity index (χ4v) is 2.41. The number of nitrogen functional groups attached to an aromatic ring is 1. The van der Waals surface area contributed by atoms with Gasteiger partial charge in [0, 0.05) is 4.90 Å². The lowest BCUT2D eigenvalue weighted by atomic mass is 10.3. The van der Waals surface area contributed by atoms with Crippen molar-refractivity contribution in [3.05, 3.63) is 54.4 Å². The summed E-state index contributed by atoms with van der Waals surface area (Å²) in [6.45, 7) is 0. The van der Waals surface area contributed by atoms with Crippen LogP contribution in [0.5, 0.6) is 0 Å². The van der Waals surface area contributed by atoms with Gasteiger partial charge < -0.3 is 10.3 Å². The van der Waals surface area contributed by atoms with Gasteiger partial charge in [0.25, 0.3) is 5.89 Å². The number of hydrogen-bond acceptors (Lipinski definition) is 6. The normalized spacial score (nSPS) is 10.6. The Hall–Kier alpha value is -2.34. The van der Waals surface area contributed by atoms with Crippen molar-refractivity contribution < 1.29 is 4.52 Å². The second-order valence-corrected chi connectivity index (χ2v) is 5.11. The summed E-state index contributed by atoms with van der Waals surface area (Å²) in [7, 11) is 0. The van der Waals surface area contributed by atoms with Crippen LogP contribution in [0.3, 0.4) is 0 Å². The van der Waals surface area contributed by atoms with Gasteiger partial charge in [-0.05, 0) is 24.3 Å². The zero-order valence-corrected chi connectivity index (χ0v) is 11.4. The summed E-state index contributed by atoms with van der Waals surface area (Å²) in [5.41, 5.74) is 6.22. The number of nitrogens with two attached hydrogens (primary N) is 1. The van der Waals surface area contributed by atoms with E-state index in [1.807, 2.05) is 30.3 Å². The molecule has 1 aromatic carbocycles. The molecule has 0 fully saturated rings. The van der Waals surface area contributed by atoms with Gasteiger partial charge in [0.15, 0.2) is 5.82 Å². The molecule has 2 N–H and O–H groups in total. The van der Waals surface area contributed by atoms with Crippen molar-refractivity contribution in [3.63, 3.8) is 0 Å². The van der Waals surface area contributed by atoms with Crippen molar-refractivity contribution in [1.82, 2.24) is 15.1 Å². The van der Waals surface area contributed by atoms with Gasteiger partial charge in [0.2, 0.25) is 0 Å². The van der Waals surface area contributed by atoms with E-state index in [2.05, 4.69) is 15.1 Å². The Labute approximate surface area is 120 Å². The van der Waals surface area contributed by atoms with Crippen molar-refractivity contribution in [2.45, 2.75) is 10.6 Å². The second-order valence-electron chi connectivity index (χ2n) is 4.07. The topological polar surface area (TPSA) is 77.8 Å². The molecule has 100 valence electrons. The lowest BCUT2D eigenvalue weighted by molar-refractivity contribution is 0.424. The van der Waals surface area contributed by atoms with Crippen LogP contribution >= 0.6 is 11.8 Å². The Balaban J connectivity index is 1.71. The largest absolute Gasteiger partial charge is 0.384 e. The minimum absolute atomic E-state index is 0.390. The minimum Gasteiger partial charge on any atom is -0.384 e. The Morgan fingerprint density at radius 1 is 1.00 bits per heavy atom. The molecule has 2 aromatic heterocycles. The molecule has 2 heterocycles. The lowest BCUT2D eigenvalue weighted by Gasteiger charge is -1.96. The first-order chi connectivity index (χ1) is 9.81.